The Morgan fingerprint density at radius 3 is 2.20 bits per heavy atom. The number of carbonyl (C=O) groups is 5. The fourth-order valence-electron chi connectivity index (χ4n) is 2.60. The van der Waals surface area contributed by atoms with E-state index in [4.69, 9.17) is 15.9 Å². The molecule has 2 amide bonds. The van der Waals surface area contributed by atoms with E-state index >= 15 is 0 Å². The summed E-state index contributed by atoms with van der Waals surface area (Å²) in [7, 11) is 0. The van der Waals surface area contributed by atoms with Gasteiger partial charge in [-0.1, -0.05) is 6.92 Å². The molecule has 1 heterocycles. The summed E-state index contributed by atoms with van der Waals surface area (Å²) in [6.07, 6.45) is 0.176. The quantitative estimate of drug-likeness (QED) is 0.298. The molecular formula is C18H24N4O8. The molecule has 0 aliphatic carbocycles. The molecule has 1 aromatic rings. The number of carboxylic acid groups (broad SMARTS) is 2. The minimum Gasteiger partial charge on any atom is -0.481 e. The van der Waals surface area contributed by atoms with Crippen molar-refractivity contribution in [1.29, 1.82) is 0 Å². The van der Waals surface area contributed by atoms with Gasteiger partial charge in [0.25, 0.3) is 5.56 Å². The second-order valence-corrected chi connectivity index (χ2v) is 6.52. The molecule has 0 fully saturated rings. The fourth-order valence-corrected chi connectivity index (χ4v) is 2.60. The number of hydrogen-bond donors (Lipinski definition) is 5. The zero-order valence-corrected chi connectivity index (χ0v) is 16.5. The van der Waals surface area contributed by atoms with Crippen molar-refractivity contribution in [3.05, 3.63) is 28.7 Å². The first-order chi connectivity index (χ1) is 14.0. The van der Waals surface area contributed by atoms with Crippen LogP contribution in [0.1, 0.15) is 39.2 Å². The van der Waals surface area contributed by atoms with Gasteiger partial charge in [-0.3, -0.25) is 28.8 Å². The highest BCUT2D eigenvalue weighted by Gasteiger charge is 2.27. The molecule has 0 aliphatic heterocycles. The lowest BCUT2D eigenvalue weighted by atomic mass is 10.1. The summed E-state index contributed by atoms with van der Waals surface area (Å²) in [4.78, 5) is 70.4. The standard InChI is InChI=1S/C18H24N4O8/c1-3-13(17(29)21-12(9(2)23)8-15(26)27)22-6-4-5-11(18(22)30)20-16(28)10(19)7-14(24)25/h4-6,10,12-13H,3,7-8,19H2,1-2H3,(H,20,28)(H,21,29)(H,24,25)(H,26,27)/t10-,12-,13?/m0/s1. The minimum absolute atomic E-state index is 0.124. The van der Waals surface area contributed by atoms with Crippen LogP contribution >= 0.6 is 0 Å². The van der Waals surface area contributed by atoms with E-state index in [9.17, 15) is 28.8 Å². The number of carboxylic acids is 2. The van der Waals surface area contributed by atoms with Crippen LogP contribution in [0.3, 0.4) is 0 Å². The highest BCUT2D eigenvalue weighted by Crippen LogP contribution is 2.12. The molecule has 6 N–H and O–H groups in total. The van der Waals surface area contributed by atoms with E-state index in [2.05, 4.69) is 10.6 Å². The van der Waals surface area contributed by atoms with Crippen molar-refractivity contribution in [2.24, 2.45) is 5.73 Å². The first-order valence-corrected chi connectivity index (χ1v) is 8.99. The third-order valence-corrected chi connectivity index (χ3v) is 4.17. The summed E-state index contributed by atoms with van der Waals surface area (Å²) >= 11 is 0. The van der Waals surface area contributed by atoms with Crippen molar-refractivity contribution in [1.82, 2.24) is 9.88 Å². The molecule has 0 spiro atoms. The molecule has 0 bridgehead atoms. The Bertz CT molecular complexity index is 894. The molecule has 1 aromatic heterocycles. The summed E-state index contributed by atoms with van der Waals surface area (Å²) in [5.41, 5.74) is 4.49. The maximum absolute atomic E-state index is 12.7. The number of anilines is 1. The Balaban J connectivity index is 3.10. The number of pyridine rings is 1. The molecule has 0 saturated carbocycles. The van der Waals surface area contributed by atoms with Gasteiger partial charge in [0.05, 0.1) is 24.9 Å². The smallest absolute Gasteiger partial charge is 0.305 e. The van der Waals surface area contributed by atoms with E-state index in [-0.39, 0.29) is 12.1 Å². The number of aromatic nitrogens is 1. The number of amides is 2. The minimum atomic E-state index is -1.38. The first kappa shape index (κ1) is 24.5. The van der Waals surface area contributed by atoms with Crippen molar-refractivity contribution in [3.63, 3.8) is 0 Å². The molecule has 1 rings (SSSR count). The van der Waals surface area contributed by atoms with Crippen molar-refractivity contribution in [3.8, 4) is 0 Å². The van der Waals surface area contributed by atoms with Crippen molar-refractivity contribution in [2.45, 2.75) is 51.2 Å². The number of nitrogens with one attached hydrogen (secondary N) is 2. The van der Waals surface area contributed by atoms with E-state index in [1.165, 1.54) is 18.3 Å². The summed E-state index contributed by atoms with van der Waals surface area (Å²) in [5.74, 6) is -4.74. The zero-order chi connectivity index (χ0) is 23.0. The predicted molar refractivity (Wildman–Crippen MR) is 104 cm³/mol. The molecular weight excluding hydrogens is 400 g/mol. The largest absolute Gasteiger partial charge is 0.481 e. The van der Waals surface area contributed by atoms with Gasteiger partial charge in [0.1, 0.15) is 11.7 Å². The normalized spacial score (nSPS) is 13.6. The molecule has 0 radical (unpaired) electrons. The summed E-state index contributed by atoms with van der Waals surface area (Å²) in [5, 5.41) is 22.1. The van der Waals surface area contributed by atoms with Gasteiger partial charge in [0.2, 0.25) is 11.8 Å². The lowest BCUT2D eigenvalue weighted by Crippen LogP contribution is -2.46. The summed E-state index contributed by atoms with van der Waals surface area (Å²) < 4.78 is 1.02. The average molecular weight is 424 g/mol. The van der Waals surface area contributed by atoms with Gasteiger partial charge in [-0.25, -0.2) is 0 Å². The van der Waals surface area contributed by atoms with Crippen LogP contribution in [0.15, 0.2) is 23.1 Å². The van der Waals surface area contributed by atoms with E-state index in [0.29, 0.717) is 0 Å². The van der Waals surface area contributed by atoms with Crippen LogP contribution in [0.4, 0.5) is 5.69 Å². The topological polar surface area (TPSA) is 198 Å². The number of hydrogen-bond acceptors (Lipinski definition) is 7. The molecule has 0 aliphatic rings. The van der Waals surface area contributed by atoms with E-state index in [1.807, 2.05) is 0 Å². The van der Waals surface area contributed by atoms with E-state index in [0.717, 1.165) is 11.5 Å². The van der Waals surface area contributed by atoms with Gasteiger partial charge in [-0.15, -0.1) is 0 Å². The van der Waals surface area contributed by atoms with Gasteiger partial charge in [0, 0.05) is 6.20 Å². The average Bonchev–Trinajstić information content (AvgIpc) is 2.63. The van der Waals surface area contributed by atoms with Crippen molar-refractivity contribution in [2.75, 3.05) is 5.32 Å². The number of nitrogens with zero attached hydrogens (tertiary/aromatic N) is 1. The van der Waals surface area contributed by atoms with Gasteiger partial charge >= 0.3 is 11.9 Å². The number of rotatable bonds is 11. The highest BCUT2D eigenvalue weighted by molar-refractivity contribution is 5.96. The third-order valence-electron chi connectivity index (χ3n) is 4.17. The number of aliphatic carboxylic acids is 2. The zero-order valence-electron chi connectivity index (χ0n) is 16.5. The Morgan fingerprint density at radius 2 is 1.70 bits per heavy atom. The van der Waals surface area contributed by atoms with Gasteiger partial charge in [0.15, 0.2) is 5.78 Å². The Labute approximate surface area is 171 Å². The summed E-state index contributed by atoms with van der Waals surface area (Å²) in [6, 6.07) is -1.07. The monoisotopic (exact) mass is 424 g/mol. The second-order valence-electron chi connectivity index (χ2n) is 6.52. The third kappa shape index (κ3) is 6.81. The highest BCUT2D eigenvalue weighted by atomic mass is 16.4. The lowest BCUT2D eigenvalue weighted by Gasteiger charge is -2.22. The number of ketones is 1. The van der Waals surface area contributed by atoms with Crippen LogP contribution in [0, 0.1) is 0 Å². The van der Waals surface area contributed by atoms with Crippen LogP contribution in [-0.2, 0) is 24.0 Å². The SMILES string of the molecule is CCC(C(=O)N[C@@H](CC(=O)O)C(C)=O)n1cccc(NC(=O)[C@@H](N)CC(=O)O)c1=O. The Kier molecular flexibility index (Phi) is 8.86. The van der Waals surface area contributed by atoms with Gasteiger partial charge < -0.3 is 31.1 Å². The fraction of sp³-hybridized carbons (Fsp3) is 0.444. The number of carbonyl (C=O) groups excluding carboxylic acids is 3. The Morgan fingerprint density at radius 1 is 1.10 bits per heavy atom. The predicted octanol–water partition coefficient (Wildman–Crippen LogP) is -0.912. The summed E-state index contributed by atoms with van der Waals surface area (Å²) in [6.45, 7) is 2.74. The van der Waals surface area contributed by atoms with E-state index < -0.39 is 66.1 Å². The van der Waals surface area contributed by atoms with Crippen LogP contribution < -0.4 is 21.9 Å². The van der Waals surface area contributed by atoms with Gasteiger partial charge in [-0.2, -0.15) is 0 Å². The van der Waals surface area contributed by atoms with Crippen molar-refractivity contribution < 1.29 is 34.2 Å². The lowest BCUT2D eigenvalue weighted by molar-refractivity contribution is -0.140. The maximum atomic E-state index is 12.7. The molecule has 12 nitrogen and oxygen atoms in total. The van der Waals surface area contributed by atoms with Crippen LogP contribution in [-0.4, -0.2) is 56.4 Å². The molecule has 0 saturated heterocycles. The molecule has 1 unspecified atom stereocenters. The number of Topliss-reactive ketones (excluding diaryl/α,β-unsaturated/α-hetero) is 1. The molecule has 12 heteroatoms. The molecule has 164 valence electrons. The molecule has 0 aromatic carbocycles. The van der Waals surface area contributed by atoms with Gasteiger partial charge in [-0.05, 0) is 25.5 Å². The second kappa shape index (κ2) is 10.9. The molecule has 30 heavy (non-hydrogen) atoms. The van der Waals surface area contributed by atoms with Crippen LogP contribution in [0.2, 0.25) is 0 Å². The number of nitrogens with two attached hydrogens (primary N) is 1. The first-order valence-electron chi connectivity index (χ1n) is 8.99. The van der Waals surface area contributed by atoms with Crippen LogP contribution in [0.5, 0.6) is 0 Å². The van der Waals surface area contributed by atoms with Crippen LogP contribution in [0.25, 0.3) is 0 Å². The Hall–Kier alpha value is -3.54. The molecule has 3 atom stereocenters. The van der Waals surface area contributed by atoms with Crippen molar-refractivity contribution >= 4 is 35.2 Å². The maximum Gasteiger partial charge on any atom is 0.305 e. The van der Waals surface area contributed by atoms with E-state index in [1.54, 1.807) is 6.92 Å².